The lowest BCUT2D eigenvalue weighted by atomic mass is 10.1. The van der Waals surface area contributed by atoms with Crippen molar-refractivity contribution in [2.75, 3.05) is 11.1 Å². The molecule has 0 amide bonds. The number of rotatable bonds is 5. The highest BCUT2D eigenvalue weighted by atomic mass is 16.1. The van der Waals surface area contributed by atoms with Gasteiger partial charge in [0, 0.05) is 17.6 Å². The third-order valence-corrected chi connectivity index (χ3v) is 5.21. The van der Waals surface area contributed by atoms with E-state index in [2.05, 4.69) is 20.3 Å². The molecule has 8 nitrogen and oxygen atoms in total. The van der Waals surface area contributed by atoms with Crippen molar-refractivity contribution >= 4 is 28.1 Å². The van der Waals surface area contributed by atoms with Crippen molar-refractivity contribution < 1.29 is 0 Å². The van der Waals surface area contributed by atoms with Crippen molar-refractivity contribution in [3.05, 3.63) is 81.7 Å². The molecule has 0 saturated heterocycles. The van der Waals surface area contributed by atoms with Crippen LogP contribution in [0.15, 0.2) is 53.7 Å². The maximum Gasteiger partial charge on any atom is 0.264 e. The van der Waals surface area contributed by atoms with Crippen LogP contribution in [0.1, 0.15) is 43.2 Å². The van der Waals surface area contributed by atoms with Gasteiger partial charge in [0.25, 0.3) is 5.56 Å². The molecule has 0 aliphatic heterocycles. The van der Waals surface area contributed by atoms with Crippen LogP contribution in [0.2, 0.25) is 0 Å². The van der Waals surface area contributed by atoms with E-state index in [0.717, 1.165) is 22.2 Å². The van der Waals surface area contributed by atoms with Gasteiger partial charge in [-0.05, 0) is 49.4 Å². The van der Waals surface area contributed by atoms with Crippen LogP contribution in [0.3, 0.4) is 0 Å². The molecule has 0 atom stereocenters. The predicted octanol–water partition coefficient (Wildman–Crippen LogP) is 4.40. The minimum atomic E-state index is -0.125. The number of fused-ring (bicyclic) bond motifs is 1. The summed E-state index contributed by atoms with van der Waals surface area (Å²) in [5.41, 5.74) is 9.05. The number of nitrogens with two attached hydrogens (primary N) is 1. The van der Waals surface area contributed by atoms with Crippen molar-refractivity contribution in [1.29, 1.82) is 5.41 Å². The second-order valence-electron chi connectivity index (χ2n) is 7.42. The van der Waals surface area contributed by atoms with E-state index in [0.29, 0.717) is 22.6 Å². The summed E-state index contributed by atoms with van der Waals surface area (Å²) < 4.78 is 1.64. The SMILES string of the molecule is CC.CC(=N)c1c(N)ncnc1NCc1cc2cccc(C)c2c(=O)n1-c1ncccc1C. The van der Waals surface area contributed by atoms with E-state index in [1.807, 2.05) is 64.1 Å². The Kier molecular flexibility index (Phi) is 7.17. The molecular formula is C25H29N7O. The molecule has 0 radical (unpaired) electrons. The van der Waals surface area contributed by atoms with Crippen LogP contribution in [-0.4, -0.2) is 25.2 Å². The van der Waals surface area contributed by atoms with Gasteiger partial charge in [0.15, 0.2) is 0 Å². The summed E-state index contributed by atoms with van der Waals surface area (Å²) in [7, 11) is 0. The predicted molar refractivity (Wildman–Crippen MR) is 134 cm³/mol. The zero-order valence-corrected chi connectivity index (χ0v) is 19.6. The summed E-state index contributed by atoms with van der Waals surface area (Å²) in [5.74, 6) is 1.26. The Hall–Kier alpha value is -4.07. The first kappa shape index (κ1) is 23.6. The molecule has 4 aromatic rings. The fourth-order valence-corrected chi connectivity index (χ4v) is 3.74. The molecule has 0 aliphatic carbocycles. The van der Waals surface area contributed by atoms with Crippen LogP contribution in [0.5, 0.6) is 0 Å². The zero-order valence-electron chi connectivity index (χ0n) is 19.6. The summed E-state index contributed by atoms with van der Waals surface area (Å²) in [6.45, 7) is 9.77. The summed E-state index contributed by atoms with van der Waals surface area (Å²) in [6.07, 6.45) is 3.03. The van der Waals surface area contributed by atoms with Gasteiger partial charge in [-0.3, -0.25) is 9.36 Å². The highest BCUT2D eigenvalue weighted by Gasteiger charge is 2.17. The fourth-order valence-electron chi connectivity index (χ4n) is 3.74. The lowest BCUT2D eigenvalue weighted by Crippen LogP contribution is -2.26. The molecule has 8 heteroatoms. The van der Waals surface area contributed by atoms with E-state index < -0.39 is 0 Å². The molecular weight excluding hydrogens is 414 g/mol. The Morgan fingerprint density at radius 2 is 1.82 bits per heavy atom. The number of anilines is 2. The number of nitrogens with zero attached hydrogens (tertiary/aromatic N) is 4. The van der Waals surface area contributed by atoms with E-state index in [-0.39, 0.29) is 23.6 Å². The van der Waals surface area contributed by atoms with Gasteiger partial charge < -0.3 is 16.5 Å². The molecule has 3 heterocycles. The first-order chi connectivity index (χ1) is 15.9. The van der Waals surface area contributed by atoms with Gasteiger partial charge in [0.2, 0.25) is 0 Å². The lowest BCUT2D eigenvalue weighted by Gasteiger charge is -2.18. The average molecular weight is 444 g/mol. The minimum absolute atomic E-state index is 0.125. The molecule has 0 unspecified atom stereocenters. The third kappa shape index (κ3) is 4.59. The van der Waals surface area contributed by atoms with Crippen LogP contribution in [0.25, 0.3) is 16.6 Å². The van der Waals surface area contributed by atoms with Gasteiger partial charge in [0.1, 0.15) is 23.8 Å². The molecule has 170 valence electrons. The lowest BCUT2D eigenvalue weighted by molar-refractivity contribution is 0.854. The normalized spacial score (nSPS) is 10.5. The Bertz CT molecular complexity index is 1380. The second-order valence-corrected chi connectivity index (χ2v) is 7.42. The van der Waals surface area contributed by atoms with Gasteiger partial charge in [-0.15, -0.1) is 0 Å². The van der Waals surface area contributed by atoms with Crippen LogP contribution in [0, 0.1) is 19.3 Å². The zero-order chi connectivity index (χ0) is 24.1. The quantitative estimate of drug-likeness (QED) is 0.393. The van der Waals surface area contributed by atoms with Crippen LogP contribution in [0.4, 0.5) is 11.6 Å². The molecule has 0 aliphatic rings. The molecule has 3 aromatic heterocycles. The summed E-state index contributed by atoms with van der Waals surface area (Å²) in [6, 6.07) is 11.5. The largest absolute Gasteiger partial charge is 0.383 e. The van der Waals surface area contributed by atoms with Gasteiger partial charge in [-0.1, -0.05) is 38.1 Å². The van der Waals surface area contributed by atoms with E-state index in [9.17, 15) is 4.79 Å². The Morgan fingerprint density at radius 3 is 2.52 bits per heavy atom. The van der Waals surface area contributed by atoms with Crippen LogP contribution < -0.4 is 16.6 Å². The van der Waals surface area contributed by atoms with Crippen molar-refractivity contribution in [2.45, 2.75) is 41.2 Å². The summed E-state index contributed by atoms with van der Waals surface area (Å²) >= 11 is 0. The van der Waals surface area contributed by atoms with E-state index in [1.165, 1.54) is 6.33 Å². The molecule has 33 heavy (non-hydrogen) atoms. The van der Waals surface area contributed by atoms with Gasteiger partial charge >= 0.3 is 0 Å². The summed E-state index contributed by atoms with van der Waals surface area (Å²) in [5, 5.41) is 12.8. The van der Waals surface area contributed by atoms with Crippen LogP contribution >= 0.6 is 0 Å². The van der Waals surface area contributed by atoms with E-state index in [4.69, 9.17) is 11.1 Å². The number of nitrogen functional groups attached to an aromatic ring is 1. The Labute approximate surface area is 193 Å². The Balaban J connectivity index is 0.00000149. The van der Waals surface area contributed by atoms with Crippen molar-refractivity contribution in [3.8, 4) is 5.82 Å². The Morgan fingerprint density at radius 1 is 1.09 bits per heavy atom. The third-order valence-electron chi connectivity index (χ3n) is 5.21. The number of nitrogens with one attached hydrogen (secondary N) is 2. The number of aromatic nitrogens is 4. The average Bonchev–Trinajstić information content (AvgIpc) is 2.79. The number of benzene rings is 1. The highest BCUT2D eigenvalue weighted by molar-refractivity contribution is 6.04. The van der Waals surface area contributed by atoms with E-state index >= 15 is 0 Å². The van der Waals surface area contributed by atoms with Crippen molar-refractivity contribution in [1.82, 2.24) is 19.5 Å². The van der Waals surface area contributed by atoms with Crippen molar-refractivity contribution in [2.24, 2.45) is 0 Å². The monoisotopic (exact) mass is 443 g/mol. The van der Waals surface area contributed by atoms with E-state index in [1.54, 1.807) is 17.7 Å². The standard InChI is InChI=1S/C23H23N7O.C2H6/c1-13-6-4-8-16-10-17(11-27-21-19(15(3)24)20(25)28-12-29-21)30(23(31)18(13)16)22-14(2)7-5-9-26-22;1-2/h4-10,12,24H,11H2,1-3H3,(H3,25,27,28,29);1-2H3. The highest BCUT2D eigenvalue weighted by Crippen LogP contribution is 2.22. The molecule has 0 bridgehead atoms. The van der Waals surface area contributed by atoms with Gasteiger partial charge in [-0.2, -0.15) is 0 Å². The molecule has 0 fully saturated rings. The minimum Gasteiger partial charge on any atom is -0.383 e. The first-order valence-corrected chi connectivity index (χ1v) is 10.8. The smallest absolute Gasteiger partial charge is 0.264 e. The number of hydrogen-bond donors (Lipinski definition) is 3. The molecule has 0 spiro atoms. The van der Waals surface area contributed by atoms with Gasteiger partial charge in [-0.25, -0.2) is 15.0 Å². The summed E-state index contributed by atoms with van der Waals surface area (Å²) in [4.78, 5) is 26.3. The molecule has 0 saturated carbocycles. The maximum atomic E-state index is 13.6. The first-order valence-electron chi connectivity index (χ1n) is 10.8. The molecule has 1 aromatic carbocycles. The second kappa shape index (κ2) is 10.0. The number of pyridine rings is 2. The van der Waals surface area contributed by atoms with Crippen LogP contribution in [-0.2, 0) is 6.54 Å². The van der Waals surface area contributed by atoms with Gasteiger partial charge in [0.05, 0.1) is 17.5 Å². The number of aryl methyl sites for hydroxylation is 2. The fraction of sp³-hybridized carbons (Fsp3) is 0.240. The topological polar surface area (TPSA) is 123 Å². The molecule has 4 rings (SSSR count). The number of hydrogen-bond acceptors (Lipinski definition) is 7. The molecule has 4 N–H and O–H groups in total. The maximum absolute atomic E-state index is 13.6. The van der Waals surface area contributed by atoms with Crippen molar-refractivity contribution in [3.63, 3.8) is 0 Å².